The van der Waals surface area contributed by atoms with Crippen molar-refractivity contribution in [1.29, 1.82) is 0 Å². The van der Waals surface area contributed by atoms with Gasteiger partial charge in [-0.25, -0.2) is 4.79 Å². The third-order valence-electron chi connectivity index (χ3n) is 3.38. The summed E-state index contributed by atoms with van der Waals surface area (Å²) >= 11 is 0. The fourth-order valence-corrected chi connectivity index (χ4v) is 1.98. The zero-order valence-electron chi connectivity index (χ0n) is 14.8. The highest BCUT2D eigenvalue weighted by Crippen LogP contribution is 2.23. The Morgan fingerprint density at radius 2 is 1.88 bits per heavy atom. The number of esters is 1. The number of aromatic nitrogens is 1. The molecule has 0 saturated heterocycles. The molecule has 0 atom stereocenters. The molecule has 1 amide bonds. The topological polar surface area (TPSA) is 90.7 Å². The van der Waals surface area contributed by atoms with E-state index < -0.39 is 18.5 Å². The molecular weight excluding hydrogens is 324 g/mol. The number of amides is 1. The second-order valence-corrected chi connectivity index (χ2v) is 6.58. The molecule has 1 N–H and O–H groups in total. The van der Waals surface area contributed by atoms with Crippen molar-refractivity contribution >= 4 is 17.8 Å². The summed E-state index contributed by atoms with van der Waals surface area (Å²) in [7, 11) is 1.60. The highest BCUT2D eigenvalue weighted by molar-refractivity contribution is 5.94. The minimum absolute atomic E-state index is 0.187. The lowest BCUT2D eigenvalue weighted by Crippen LogP contribution is -2.20. The predicted octanol–water partition coefficient (Wildman–Crippen LogP) is 2.91. The molecule has 0 fully saturated rings. The molecule has 0 aliphatic carbocycles. The molecule has 0 aliphatic rings. The van der Waals surface area contributed by atoms with E-state index in [4.69, 9.17) is 14.0 Å². The first-order valence-corrected chi connectivity index (χ1v) is 7.81. The molecule has 2 aromatic rings. The van der Waals surface area contributed by atoms with Crippen LogP contribution in [0.15, 0.2) is 34.9 Å². The van der Waals surface area contributed by atoms with Crippen molar-refractivity contribution in [3.05, 3.63) is 47.2 Å². The van der Waals surface area contributed by atoms with E-state index >= 15 is 0 Å². The van der Waals surface area contributed by atoms with Crippen molar-refractivity contribution < 1.29 is 23.6 Å². The van der Waals surface area contributed by atoms with Crippen molar-refractivity contribution in [2.75, 3.05) is 19.0 Å². The highest BCUT2D eigenvalue weighted by atomic mass is 16.5. The Labute approximate surface area is 146 Å². The lowest BCUT2D eigenvalue weighted by atomic mass is 9.92. The van der Waals surface area contributed by atoms with Crippen LogP contribution in [0.2, 0.25) is 0 Å². The highest BCUT2D eigenvalue weighted by Gasteiger charge is 2.20. The second-order valence-electron chi connectivity index (χ2n) is 6.58. The van der Waals surface area contributed by atoms with Crippen LogP contribution in [-0.4, -0.2) is 30.7 Å². The molecule has 2 rings (SSSR count). The molecule has 25 heavy (non-hydrogen) atoms. The number of nitrogens with zero attached hydrogens (tertiary/aromatic N) is 1. The van der Waals surface area contributed by atoms with Crippen LogP contribution in [0.4, 0.5) is 5.88 Å². The molecule has 0 spiro atoms. The lowest BCUT2D eigenvalue weighted by molar-refractivity contribution is -0.119. The van der Waals surface area contributed by atoms with Gasteiger partial charge in [0.2, 0.25) is 5.88 Å². The van der Waals surface area contributed by atoms with E-state index in [0.29, 0.717) is 12.2 Å². The quantitative estimate of drug-likeness (QED) is 0.809. The van der Waals surface area contributed by atoms with Crippen molar-refractivity contribution in [1.82, 2.24) is 5.16 Å². The van der Waals surface area contributed by atoms with Gasteiger partial charge in [-0.3, -0.25) is 10.1 Å². The van der Waals surface area contributed by atoms with E-state index in [9.17, 15) is 9.59 Å². The van der Waals surface area contributed by atoms with Gasteiger partial charge in [0.05, 0.1) is 17.9 Å². The van der Waals surface area contributed by atoms with Crippen LogP contribution >= 0.6 is 0 Å². The van der Waals surface area contributed by atoms with Gasteiger partial charge in [-0.2, -0.15) is 0 Å². The van der Waals surface area contributed by atoms with E-state index in [1.165, 1.54) is 0 Å². The number of hydrogen-bond acceptors (Lipinski definition) is 6. The van der Waals surface area contributed by atoms with Crippen molar-refractivity contribution in [2.45, 2.75) is 32.8 Å². The molecule has 1 aromatic heterocycles. The van der Waals surface area contributed by atoms with Gasteiger partial charge in [0.15, 0.2) is 6.61 Å². The summed E-state index contributed by atoms with van der Waals surface area (Å²) in [4.78, 5) is 23.8. The van der Waals surface area contributed by atoms with Gasteiger partial charge in [-0.1, -0.05) is 38.1 Å². The van der Waals surface area contributed by atoms with Crippen LogP contribution in [0.5, 0.6) is 0 Å². The average molecular weight is 346 g/mol. The normalized spacial score (nSPS) is 11.2. The number of anilines is 1. The Kier molecular flexibility index (Phi) is 5.93. The molecule has 134 valence electrons. The monoisotopic (exact) mass is 346 g/mol. The van der Waals surface area contributed by atoms with E-state index in [1.54, 1.807) is 37.4 Å². The molecular formula is C18H22N2O5. The summed E-state index contributed by atoms with van der Waals surface area (Å²) in [6.07, 6.45) is 0. The molecule has 7 nitrogen and oxygen atoms in total. The Morgan fingerprint density at radius 1 is 1.20 bits per heavy atom. The molecule has 0 aliphatic heterocycles. The van der Waals surface area contributed by atoms with Crippen LogP contribution in [0.3, 0.4) is 0 Å². The van der Waals surface area contributed by atoms with E-state index in [0.717, 1.165) is 11.3 Å². The van der Waals surface area contributed by atoms with Crippen molar-refractivity contribution in [3.8, 4) is 0 Å². The molecule has 7 heteroatoms. The van der Waals surface area contributed by atoms with E-state index in [2.05, 4.69) is 10.5 Å². The number of ether oxygens (including phenoxy) is 2. The number of carbonyl (C=O) groups is 2. The van der Waals surface area contributed by atoms with Crippen LogP contribution in [0.1, 0.15) is 42.4 Å². The van der Waals surface area contributed by atoms with Crippen LogP contribution < -0.4 is 5.32 Å². The van der Waals surface area contributed by atoms with Gasteiger partial charge in [0.25, 0.3) is 5.91 Å². The standard InChI is InChI=1S/C18H22N2O5/c1-18(2,3)14-9-16(25-20-14)19-15(21)11-24-17(22)13-7-5-12(6-8-13)10-23-4/h5-9H,10-11H2,1-4H3,(H,19,21). The molecule has 0 unspecified atom stereocenters. The van der Waals surface area contributed by atoms with Gasteiger partial charge in [-0.05, 0) is 17.7 Å². The van der Waals surface area contributed by atoms with Crippen LogP contribution in [-0.2, 0) is 26.3 Å². The number of benzene rings is 1. The minimum Gasteiger partial charge on any atom is -0.452 e. The van der Waals surface area contributed by atoms with Gasteiger partial charge in [-0.15, -0.1) is 0 Å². The van der Waals surface area contributed by atoms with Crippen molar-refractivity contribution in [2.24, 2.45) is 0 Å². The van der Waals surface area contributed by atoms with Crippen molar-refractivity contribution in [3.63, 3.8) is 0 Å². The SMILES string of the molecule is COCc1ccc(C(=O)OCC(=O)Nc2cc(C(C)(C)C)no2)cc1. The summed E-state index contributed by atoms with van der Waals surface area (Å²) in [6, 6.07) is 8.43. The first-order valence-electron chi connectivity index (χ1n) is 7.81. The molecule has 1 aromatic carbocycles. The molecule has 1 heterocycles. The summed E-state index contributed by atoms with van der Waals surface area (Å²) in [5, 5.41) is 6.40. The minimum atomic E-state index is -0.577. The summed E-state index contributed by atoms with van der Waals surface area (Å²) in [6.45, 7) is 6.00. The molecule has 0 bridgehead atoms. The first-order chi connectivity index (χ1) is 11.8. The van der Waals surface area contributed by atoms with Gasteiger partial charge >= 0.3 is 5.97 Å². The maximum atomic E-state index is 11.9. The average Bonchev–Trinajstić information content (AvgIpc) is 3.02. The van der Waals surface area contributed by atoms with Gasteiger partial charge in [0, 0.05) is 18.6 Å². The van der Waals surface area contributed by atoms with Crippen LogP contribution in [0, 0.1) is 0 Å². The Hall–Kier alpha value is -2.67. The Balaban J connectivity index is 1.84. The van der Waals surface area contributed by atoms with E-state index in [-0.39, 0.29) is 11.3 Å². The maximum Gasteiger partial charge on any atom is 0.338 e. The summed E-state index contributed by atoms with van der Waals surface area (Å²) in [5.41, 5.74) is 1.84. The van der Waals surface area contributed by atoms with Crippen LogP contribution in [0.25, 0.3) is 0 Å². The zero-order chi connectivity index (χ0) is 18.4. The first kappa shape index (κ1) is 18.7. The fourth-order valence-electron chi connectivity index (χ4n) is 1.98. The van der Waals surface area contributed by atoms with Gasteiger partial charge < -0.3 is 14.0 Å². The number of methoxy groups -OCH3 is 1. The lowest BCUT2D eigenvalue weighted by Gasteiger charge is -2.12. The zero-order valence-corrected chi connectivity index (χ0v) is 14.8. The third kappa shape index (κ3) is 5.42. The smallest absolute Gasteiger partial charge is 0.338 e. The number of nitrogens with one attached hydrogen (secondary N) is 1. The maximum absolute atomic E-state index is 11.9. The fraction of sp³-hybridized carbons (Fsp3) is 0.389. The Bertz CT molecular complexity index is 729. The second kappa shape index (κ2) is 7.94. The molecule has 0 saturated carbocycles. The summed E-state index contributed by atoms with van der Waals surface area (Å²) in [5.74, 6) is -0.858. The Morgan fingerprint density at radius 3 is 2.44 bits per heavy atom. The van der Waals surface area contributed by atoms with Gasteiger partial charge in [0.1, 0.15) is 0 Å². The summed E-state index contributed by atoms with van der Waals surface area (Å²) < 4.78 is 15.1. The number of hydrogen-bond donors (Lipinski definition) is 1. The van der Waals surface area contributed by atoms with E-state index in [1.807, 2.05) is 20.8 Å². The largest absolute Gasteiger partial charge is 0.452 e. The predicted molar refractivity (Wildman–Crippen MR) is 91.3 cm³/mol. The number of carbonyl (C=O) groups excluding carboxylic acids is 2. The molecule has 0 radical (unpaired) electrons. The third-order valence-corrected chi connectivity index (χ3v) is 3.38. The number of rotatable bonds is 6.